The molecule has 0 aromatic heterocycles. The van der Waals surface area contributed by atoms with E-state index in [-0.39, 0.29) is 59.3 Å². The second-order valence-electron chi connectivity index (χ2n) is 15.4. The Labute approximate surface area is 251 Å². The van der Waals surface area contributed by atoms with Crippen LogP contribution in [0.1, 0.15) is 101 Å². The summed E-state index contributed by atoms with van der Waals surface area (Å²) in [5.41, 5.74) is 0.244. The number of allylic oxidation sites excluding steroid dienone is 3. The summed E-state index contributed by atoms with van der Waals surface area (Å²) in [6, 6.07) is -0.609. The summed E-state index contributed by atoms with van der Waals surface area (Å²) < 4.78 is 5.85. The van der Waals surface area contributed by atoms with Gasteiger partial charge in [0.25, 0.3) is 0 Å². The molecule has 42 heavy (non-hydrogen) atoms. The van der Waals surface area contributed by atoms with Gasteiger partial charge in [-0.05, 0) is 122 Å². The van der Waals surface area contributed by atoms with Crippen molar-refractivity contribution in [2.75, 3.05) is 6.61 Å². The molecule has 0 aromatic rings. The van der Waals surface area contributed by atoms with Crippen LogP contribution in [0.15, 0.2) is 23.3 Å². The molecule has 234 valence electrons. The maximum Gasteiger partial charge on any atom is 0.331 e. The number of rotatable bonds is 6. The lowest BCUT2D eigenvalue weighted by Crippen LogP contribution is -2.56. The Kier molecular flexibility index (Phi) is 8.81. The van der Waals surface area contributed by atoms with E-state index in [2.05, 4.69) is 25.2 Å². The topological polar surface area (TPSA) is 113 Å². The highest BCUT2D eigenvalue weighted by Crippen LogP contribution is 2.67. The number of aliphatic carboxylic acids is 1. The summed E-state index contributed by atoms with van der Waals surface area (Å²) in [6.07, 6.45) is 8.78. The van der Waals surface area contributed by atoms with Gasteiger partial charge >= 0.3 is 18.0 Å². The molecule has 0 aliphatic heterocycles. The number of carbonyl (C=O) groups excluding carboxylic acids is 3. The number of nitrogens with one attached hydrogen (secondary N) is 1. The molecule has 0 aromatic carbocycles. The van der Waals surface area contributed by atoms with E-state index in [1.807, 2.05) is 54.5 Å². The van der Waals surface area contributed by atoms with E-state index in [4.69, 9.17) is 4.74 Å². The lowest BCUT2D eigenvalue weighted by atomic mass is 9.45. The van der Waals surface area contributed by atoms with Crippen LogP contribution in [0, 0.1) is 45.8 Å². The van der Waals surface area contributed by atoms with Gasteiger partial charge < -0.3 is 15.2 Å². The quantitative estimate of drug-likeness (QED) is 0.352. The Morgan fingerprint density at radius 2 is 1.74 bits per heavy atom. The number of urea groups is 1. The van der Waals surface area contributed by atoms with E-state index < -0.39 is 11.4 Å². The van der Waals surface area contributed by atoms with Crippen molar-refractivity contribution in [3.8, 4) is 0 Å². The molecule has 4 aliphatic rings. The number of fused-ring (bicyclic) bond motifs is 5. The minimum Gasteiger partial charge on any atom is -0.478 e. The number of hydrogen-bond donors (Lipinski definition) is 2. The van der Waals surface area contributed by atoms with Crippen LogP contribution in [0.3, 0.4) is 0 Å². The van der Waals surface area contributed by atoms with Crippen molar-refractivity contribution in [1.82, 2.24) is 10.2 Å². The average molecular weight is 585 g/mol. The first kappa shape index (κ1) is 32.3. The molecule has 2 saturated carbocycles. The van der Waals surface area contributed by atoms with E-state index in [0.717, 1.165) is 37.7 Å². The third kappa shape index (κ3) is 5.55. The van der Waals surface area contributed by atoms with Crippen molar-refractivity contribution in [3.05, 3.63) is 23.3 Å². The molecule has 8 nitrogen and oxygen atoms in total. The Morgan fingerprint density at radius 3 is 2.31 bits per heavy atom. The number of ether oxygens (including phenoxy) is 1. The van der Waals surface area contributed by atoms with Crippen LogP contribution < -0.4 is 5.32 Å². The van der Waals surface area contributed by atoms with Crippen molar-refractivity contribution in [3.63, 3.8) is 0 Å². The van der Waals surface area contributed by atoms with Crippen LogP contribution in [0.5, 0.6) is 0 Å². The minimum absolute atomic E-state index is 0.0559. The van der Waals surface area contributed by atoms with Crippen molar-refractivity contribution in [2.45, 2.75) is 113 Å². The molecular formula is C34H52N2O6. The Hall–Kier alpha value is -2.64. The maximum absolute atomic E-state index is 14.0. The molecule has 1 unspecified atom stereocenters. The molecule has 0 bridgehead atoms. The molecule has 8 heteroatoms. The zero-order valence-electron chi connectivity index (χ0n) is 27.1. The fraction of sp³-hybridized carbons (Fsp3) is 0.765. The minimum atomic E-state index is -0.920. The summed E-state index contributed by atoms with van der Waals surface area (Å²) in [5, 5.41) is 12.8. The Morgan fingerprint density at radius 1 is 1.07 bits per heavy atom. The molecule has 0 radical (unpaired) electrons. The van der Waals surface area contributed by atoms with Gasteiger partial charge in [0.05, 0.1) is 12.0 Å². The number of imide groups is 1. The number of esters is 1. The van der Waals surface area contributed by atoms with E-state index >= 15 is 0 Å². The second-order valence-corrected chi connectivity index (χ2v) is 15.4. The summed E-state index contributed by atoms with van der Waals surface area (Å²) in [4.78, 5) is 53.4. The van der Waals surface area contributed by atoms with Crippen molar-refractivity contribution < 1.29 is 29.0 Å². The van der Waals surface area contributed by atoms with Gasteiger partial charge in [-0.15, -0.1) is 0 Å². The van der Waals surface area contributed by atoms with Crippen molar-refractivity contribution in [2.24, 2.45) is 45.8 Å². The third-order valence-electron chi connectivity index (χ3n) is 11.1. The number of nitrogens with zero attached hydrogens (tertiary/aromatic N) is 1. The number of amides is 3. The van der Waals surface area contributed by atoms with Gasteiger partial charge in [0.1, 0.15) is 0 Å². The lowest BCUT2D eigenvalue weighted by molar-refractivity contribution is -0.157. The maximum atomic E-state index is 14.0. The van der Waals surface area contributed by atoms with Gasteiger partial charge in [-0.25, -0.2) is 9.59 Å². The highest BCUT2D eigenvalue weighted by Gasteiger charge is 2.62. The second kappa shape index (κ2) is 11.5. The first-order valence-corrected chi connectivity index (χ1v) is 15.9. The molecule has 4 rings (SSSR count). The van der Waals surface area contributed by atoms with Crippen LogP contribution in [0.2, 0.25) is 0 Å². The molecule has 3 amide bonds. The predicted molar refractivity (Wildman–Crippen MR) is 161 cm³/mol. The molecular weight excluding hydrogens is 532 g/mol. The fourth-order valence-electron chi connectivity index (χ4n) is 8.79. The van der Waals surface area contributed by atoms with Crippen molar-refractivity contribution >= 4 is 23.9 Å². The largest absolute Gasteiger partial charge is 0.478 e. The first-order chi connectivity index (χ1) is 19.4. The number of carboxylic acids is 1. The Bertz CT molecular complexity index is 1180. The van der Waals surface area contributed by atoms with E-state index in [1.165, 1.54) is 4.90 Å². The Balaban J connectivity index is 1.64. The summed E-state index contributed by atoms with van der Waals surface area (Å²) >= 11 is 0. The van der Waals surface area contributed by atoms with Crippen LogP contribution in [0.25, 0.3) is 0 Å². The first-order valence-electron chi connectivity index (χ1n) is 15.9. The van der Waals surface area contributed by atoms with Gasteiger partial charge in [0, 0.05) is 34.9 Å². The van der Waals surface area contributed by atoms with Gasteiger partial charge in [-0.2, -0.15) is 0 Å². The predicted octanol–water partition coefficient (Wildman–Crippen LogP) is 6.36. The number of hydrogen-bond acceptors (Lipinski definition) is 5. The van der Waals surface area contributed by atoms with Crippen molar-refractivity contribution in [1.29, 1.82) is 0 Å². The molecule has 0 spiro atoms. The van der Waals surface area contributed by atoms with E-state index in [9.17, 15) is 24.3 Å². The SMILES string of the molecule is CC(C)NC(=O)N(C(=O)[C@H]1CC[C@H]2[C@@H]3CC=C4C=C(C(=O)O)CC(COC(=O)C(C)(C)C)[C@]4(C)[C@H]3CC[C@]12C)C(C)C. The summed E-state index contributed by atoms with van der Waals surface area (Å²) in [7, 11) is 0. The van der Waals surface area contributed by atoms with E-state index in [0.29, 0.717) is 29.7 Å². The highest BCUT2D eigenvalue weighted by molar-refractivity contribution is 5.96. The highest BCUT2D eigenvalue weighted by atomic mass is 16.5. The zero-order chi connectivity index (χ0) is 31.4. The van der Waals surface area contributed by atoms with Crippen LogP contribution >= 0.6 is 0 Å². The average Bonchev–Trinajstić information content (AvgIpc) is 3.22. The number of carboxylic acid groups (broad SMARTS) is 1. The summed E-state index contributed by atoms with van der Waals surface area (Å²) in [6.45, 7) is 17.8. The fourth-order valence-corrected chi connectivity index (χ4v) is 8.79. The number of carbonyl (C=O) groups is 4. The molecule has 7 atom stereocenters. The molecule has 0 heterocycles. The summed E-state index contributed by atoms with van der Waals surface area (Å²) in [5.74, 6) is -0.661. The van der Waals surface area contributed by atoms with Crippen LogP contribution in [-0.2, 0) is 19.1 Å². The molecule has 0 saturated heterocycles. The van der Waals surface area contributed by atoms with Gasteiger partial charge in [0.2, 0.25) is 5.91 Å². The van der Waals surface area contributed by atoms with Gasteiger partial charge in [-0.1, -0.05) is 19.9 Å². The zero-order valence-corrected chi connectivity index (χ0v) is 27.1. The standard InChI is InChI=1S/C34H52N2O6/c1-19(2)35-31(41)36(20(3)4)28(37)27-13-12-25-24-11-10-22-16-21(29(38)39)17-23(18-42-30(40)32(5,6)7)34(22,9)26(24)14-15-33(25,27)8/h10,16,19-20,23-27H,11-15,17-18H2,1-9H3,(H,35,41)(H,38,39)/t23?,24-,25-,26-,27+,33-,34+/m0/s1. The van der Waals surface area contributed by atoms with E-state index in [1.54, 1.807) is 0 Å². The van der Waals surface area contributed by atoms with Gasteiger partial charge in [0.15, 0.2) is 0 Å². The molecule has 4 aliphatic carbocycles. The van der Waals surface area contributed by atoms with Crippen LogP contribution in [-0.4, -0.2) is 52.6 Å². The molecule has 2 N–H and O–H groups in total. The smallest absolute Gasteiger partial charge is 0.331 e. The normalized spacial score (nSPS) is 34.0. The third-order valence-corrected chi connectivity index (χ3v) is 11.1. The van der Waals surface area contributed by atoms with Gasteiger partial charge in [-0.3, -0.25) is 14.5 Å². The molecule has 2 fully saturated rings. The monoisotopic (exact) mass is 584 g/mol. The lowest BCUT2D eigenvalue weighted by Gasteiger charge is -2.59. The van der Waals surface area contributed by atoms with Crippen LogP contribution in [0.4, 0.5) is 4.79 Å².